The molecule has 4 rings (SSSR count). The second-order valence-electron chi connectivity index (χ2n) is 14.9. The molecule has 0 amide bonds. The number of ether oxygens (including phenoxy) is 1. The number of piperidine rings is 4. The molecule has 4 saturated heterocycles. The number of carbonyl (C=O) groups is 6. The van der Waals surface area contributed by atoms with Crippen LogP contribution in [0.25, 0.3) is 0 Å². The van der Waals surface area contributed by atoms with Gasteiger partial charge in [0.05, 0.1) is 6.10 Å². The van der Waals surface area contributed by atoms with E-state index in [9.17, 15) is 33.9 Å². The fourth-order valence-electron chi connectivity index (χ4n) is 6.39. The topological polar surface area (TPSA) is 165 Å². The van der Waals surface area contributed by atoms with E-state index in [0.717, 1.165) is 51.4 Å². The van der Waals surface area contributed by atoms with Crippen LogP contribution in [0.1, 0.15) is 115 Å². The summed E-state index contributed by atoms with van der Waals surface area (Å²) in [6.45, 7) is 16.6. The van der Waals surface area contributed by atoms with Gasteiger partial charge in [-0.1, -0.05) is 0 Å². The number of rotatable bonds is 5. The van der Waals surface area contributed by atoms with Gasteiger partial charge in [-0.15, -0.1) is 0 Å². The maximum atomic E-state index is 11.0. The third-order valence-corrected chi connectivity index (χ3v) is 10.6. The van der Waals surface area contributed by atoms with E-state index in [-0.39, 0.29) is 52.0 Å². The molecule has 0 aliphatic carbocycles. The summed E-state index contributed by atoms with van der Waals surface area (Å²) < 4.78 is 4.00. The number of aliphatic hydroxyl groups is 1. The summed E-state index contributed by atoms with van der Waals surface area (Å²) >= 11 is 0. The minimum Gasteiger partial charge on any atom is -1.00 e. The van der Waals surface area contributed by atoms with E-state index in [1.54, 1.807) is 0 Å². The Hall–Kier alpha value is -1.52. The Labute approximate surface area is 339 Å². The molecule has 9 atom stereocenters. The molecule has 13 nitrogen and oxygen atoms in total. The molecule has 1 unspecified atom stereocenters. The molecule has 52 heavy (non-hydrogen) atoms. The average molecular weight is 748 g/mol. The first-order valence-electron chi connectivity index (χ1n) is 18.0. The van der Waals surface area contributed by atoms with Crippen molar-refractivity contribution in [1.82, 2.24) is 19.6 Å². The molecular weight excluding hydrogens is 678 g/mol. The SMILES string of the molecule is C[C@@H]1CC(=O)C[C@@H](C)N1C.C[C@@H]1CC(=O)C[C@H](C)N1C.C[C@@H]1CC(=O)C[C@H](C)N1C.C[C@@H]1CC(O)C[C@H](C)N1C.O=COCC(=O)CC(=O)O.[B].[H-].[Na+]. The fourth-order valence-corrected chi connectivity index (χ4v) is 6.39. The van der Waals surface area contributed by atoms with Crippen molar-refractivity contribution < 1.29 is 74.7 Å². The summed E-state index contributed by atoms with van der Waals surface area (Å²) in [5, 5.41) is 17.4. The zero-order valence-electron chi connectivity index (χ0n) is 35.5. The van der Waals surface area contributed by atoms with Gasteiger partial charge in [-0.2, -0.15) is 0 Å². The van der Waals surface area contributed by atoms with Crippen molar-refractivity contribution in [1.29, 1.82) is 0 Å². The molecule has 0 saturated carbocycles. The van der Waals surface area contributed by atoms with E-state index >= 15 is 0 Å². The van der Waals surface area contributed by atoms with Crippen LogP contribution in [0.3, 0.4) is 0 Å². The van der Waals surface area contributed by atoms with Crippen molar-refractivity contribution in [3.8, 4) is 0 Å². The van der Waals surface area contributed by atoms with Crippen molar-refractivity contribution in [2.45, 2.75) is 168 Å². The van der Waals surface area contributed by atoms with Gasteiger partial charge in [-0.25, -0.2) is 0 Å². The van der Waals surface area contributed by atoms with Gasteiger partial charge >= 0.3 is 35.5 Å². The fraction of sp³-hybridized carbons (Fsp3) is 0.838. The van der Waals surface area contributed by atoms with E-state index in [1.807, 2.05) is 0 Å². The number of hydrogen-bond acceptors (Lipinski definition) is 12. The summed E-state index contributed by atoms with van der Waals surface area (Å²) in [4.78, 5) is 71.8. The first kappa shape index (κ1) is 54.8. The first-order chi connectivity index (χ1) is 23.1. The number of aliphatic carboxylic acids is 1. The van der Waals surface area contributed by atoms with Crippen LogP contribution in [0.4, 0.5) is 0 Å². The summed E-state index contributed by atoms with van der Waals surface area (Å²) in [6, 6.07) is 3.73. The molecular formula is C37H69BN4NaO9. The number of nitrogens with zero attached hydrogens (tertiary/aromatic N) is 4. The van der Waals surface area contributed by atoms with Crippen LogP contribution < -0.4 is 29.6 Å². The van der Waals surface area contributed by atoms with Crippen molar-refractivity contribution in [3.63, 3.8) is 0 Å². The summed E-state index contributed by atoms with van der Waals surface area (Å²) in [5.41, 5.74) is 0. The average Bonchev–Trinajstić information content (AvgIpc) is 3.00. The number of carboxylic acids is 1. The molecule has 15 heteroatoms. The van der Waals surface area contributed by atoms with Crippen LogP contribution in [-0.2, 0) is 33.5 Å². The molecule has 4 aliphatic rings. The molecule has 2 N–H and O–H groups in total. The maximum Gasteiger partial charge on any atom is 1.00 e. The summed E-state index contributed by atoms with van der Waals surface area (Å²) in [5.74, 6) is -0.603. The molecule has 0 aromatic carbocycles. The second kappa shape index (κ2) is 28.0. The van der Waals surface area contributed by atoms with Gasteiger partial charge in [-0.3, -0.25) is 28.8 Å². The van der Waals surface area contributed by atoms with E-state index < -0.39 is 24.8 Å². The smallest absolute Gasteiger partial charge is 1.00 e. The van der Waals surface area contributed by atoms with Crippen molar-refractivity contribution in [2.75, 3.05) is 34.8 Å². The standard InChI is InChI=1S/C8H17NO.3C8H15NO.C5H6O5.B.Na.H/c4*1-6-4-8(10)5-7(2)9(6)3;6-3-10-2-4(7)1-5(8)9;;;/h6-8,10H,4-5H2,1-3H3;3*6-7H,4-5H2,1-3H3;3H,1-2H2,(H,8,9);;;/q;;;;;;+1;-1/t6-,7+,8?;2*6-,7+;6-,7-;;;;/m...1..../s1. The molecule has 4 fully saturated rings. The summed E-state index contributed by atoms with van der Waals surface area (Å²) in [7, 11) is 8.38. The van der Waals surface area contributed by atoms with Crippen LogP contribution in [-0.4, -0.2) is 163 Å². The van der Waals surface area contributed by atoms with Crippen LogP contribution in [0.2, 0.25) is 0 Å². The Morgan fingerprint density at radius 3 is 1.12 bits per heavy atom. The van der Waals surface area contributed by atoms with Crippen molar-refractivity contribution >= 4 is 44.0 Å². The number of aliphatic hydroxyl groups excluding tert-OH is 1. The molecule has 0 aromatic heterocycles. The molecule has 0 aromatic rings. The van der Waals surface area contributed by atoms with Crippen molar-refractivity contribution in [2.24, 2.45) is 0 Å². The van der Waals surface area contributed by atoms with E-state index in [0.29, 0.717) is 65.7 Å². The predicted octanol–water partition coefficient (Wildman–Crippen LogP) is -0.0369. The Bertz CT molecular complexity index is 976. The molecule has 4 aliphatic heterocycles. The maximum absolute atomic E-state index is 11.0. The van der Waals surface area contributed by atoms with Crippen LogP contribution in [0.5, 0.6) is 0 Å². The number of likely N-dealkylation sites (tertiary alicyclic amines) is 4. The van der Waals surface area contributed by atoms with Gasteiger partial charge in [0.1, 0.15) is 30.4 Å². The van der Waals surface area contributed by atoms with E-state index in [1.165, 1.54) is 0 Å². The molecule has 295 valence electrons. The minimum atomic E-state index is -1.22. The third-order valence-electron chi connectivity index (χ3n) is 10.6. The Morgan fingerprint density at radius 1 is 0.635 bits per heavy atom. The van der Waals surface area contributed by atoms with Crippen molar-refractivity contribution in [3.05, 3.63) is 0 Å². The molecule has 4 heterocycles. The van der Waals surface area contributed by atoms with E-state index in [4.69, 9.17) is 5.11 Å². The minimum absolute atomic E-state index is 0. The first-order valence-corrected chi connectivity index (χ1v) is 18.0. The second-order valence-corrected chi connectivity index (χ2v) is 14.9. The van der Waals surface area contributed by atoms with Gasteiger partial charge in [0, 0.05) is 95.3 Å². The molecule has 3 radical (unpaired) electrons. The monoisotopic (exact) mass is 748 g/mol. The Balaban J connectivity index is -0.000000279. The molecule has 0 spiro atoms. The normalized spacial score (nSPS) is 31.1. The number of ketones is 4. The van der Waals surface area contributed by atoms with Gasteiger partial charge < -0.3 is 36.0 Å². The van der Waals surface area contributed by atoms with E-state index in [2.05, 4.69) is 108 Å². The Morgan fingerprint density at radius 2 is 0.885 bits per heavy atom. The molecule has 0 bridgehead atoms. The largest absolute Gasteiger partial charge is 1.00 e. The van der Waals surface area contributed by atoms with Gasteiger partial charge in [0.2, 0.25) is 0 Å². The zero-order chi connectivity index (χ0) is 38.9. The quantitative estimate of drug-likeness (QED) is 0.219. The third kappa shape index (κ3) is 22.0. The van der Waals surface area contributed by atoms with Gasteiger partial charge in [0.15, 0.2) is 5.78 Å². The number of carboxylic acid groups (broad SMARTS) is 1. The van der Waals surface area contributed by atoms with Gasteiger partial charge in [-0.05, 0) is 96.4 Å². The number of carbonyl (C=O) groups excluding carboxylic acids is 5. The zero-order valence-corrected chi connectivity index (χ0v) is 36.5. The summed E-state index contributed by atoms with van der Waals surface area (Å²) in [6.07, 6.45) is 5.61. The van der Waals surface area contributed by atoms with Crippen LogP contribution in [0, 0.1) is 0 Å². The Kier molecular flexibility index (Phi) is 29.5. The number of Topliss-reactive ketones (excluding diaryl/α,β-unsaturated/α-hetero) is 4. The van der Waals surface area contributed by atoms with Gasteiger partial charge in [0.25, 0.3) is 6.47 Å². The van der Waals surface area contributed by atoms with Crippen LogP contribution in [0.15, 0.2) is 0 Å². The predicted molar refractivity (Wildman–Crippen MR) is 201 cm³/mol. The number of hydrogen-bond donors (Lipinski definition) is 2. The van der Waals surface area contributed by atoms with Crippen LogP contribution >= 0.6 is 0 Å².